The van der Waals surface area contributed by atoms with E-state index < -0.39 is 17.7 Å². The Labute approximate surface area is 174 Å². The van der Waals surface area contributed by atoms with Crippen LogP contribution < -0.4 is 5.32 Å². The van der Waals surface area contributed by atoms with Crippen LogP contribution in [0, 0.1) is 5.82 Å². The highest BCUT2D eigenvalue weighted by Crippen LogP contribution is 2.27. The predicted molar refractivity (Wildman–Crippen MR) is 100 cm³/mol. The van der Waals surface area contributed by atoms with E-state index >= 15 is 0 Å². The quantitative estimate of drug-likeness (QED) is 0.490. The second kappa shape index (κ2) is 8.52. The number of aromatic nitrogens is 4. The molecule has 31 heavy (non-hydrogen) atoms. The average molecular weight is 435 g/mol. The molecule has 0 saturated carbocycles. The highest BCUT2D eigenvalue weighted by molar-refractivity contribution is 5.97. The molecule has 11 heteroatoms. The number of carbonyl (C=O) groups excluding carboxylic acids is 1. The molecule has 4 rings (SSSR count). The largest absolute Gasteiger partial charge is 0.434 e. The van der Waals surface area contributed by atoms with Crippen molar-refractivity contribution in [1.29, 1.82) is 0 Å². The third-order valence-corrected chi connectivity index (χ3v) is 4.76. The van der Waals surface area contributed by atoms with Gasteiger partial charge < -0.3 is 10.1 Å². The molecule has 0 amide bonds. The van der Waals surface area contributed by atoms with E-state index in [1.807, 2.05) is 0 Å². The van der Waals surface area contributed by atoms with Crippen LogP contribution in [0.3, 0.4) is 0 Å². The number of benzene rings is 1. The maximum absolute atomic E-state index is 14.5. The van der Waals surface area contributed by atoms with Crippen LogP contribution in [0.5, 0.6) is 0 Å². The molecule has 3 heterocycles. The van der Waals surface area contributed by atoms with Crippen molar-refractivity contribution >= 4 is 5.78 Å². The van der Waals surface area contributed by atoms with Gasteiger partial charge in [-0.2, -0.15) is 18.3 Å². The zero-order valence-electron chi connectivity index (χ0n) is 16.1. The summed E-state index contributed by atoms with van der Waals surface area (Å²) in [6, 6.07) is 4.53. The number of alkyl halides is 3. The van der Waals surface area contributed by atoms with Gasteiger partial charge in [-0.05, 0) is 11.6 Å². The fourth-order valence-electron chi connectivity index (χ4n) is 3.19. The zero-order chi connectivity index (χ0) is 22.0. The number of carbonyl (C=O) groups is 1. The van der Waals surface area contributed by atoms with Crippen LogP contribution >= 0.6 is 0 Å². The summed E-state index contributed by atoms with van der Waals surface area (Å²) in [7, 11) is 0. The third-order valence-electron chi connectivity index (χ3n) is 4.76. The number of ketones is 1. The number of ether oxygens (including phenoxy) is 1. The van der Waals surface area contributed by atoms with Crippen LogP contribution in [0.4, 0.5) is 17.6 Å². The van der Waals surface area contributed by atoms with Gasteiger partial charge in [-0.25, -0.2) is 14.1 Å². The first-order chi connectivity index (χ1) is 14.8. The molecule has 1 aromatic carbocycles. The second-order valence-corrected chi connectivity index (χ2v) is 6.95. The summed E-state index contributed by atoms with van der Waals surface area (Å²) in [6.07, 6.45) is -0.941. The summed E-state index contributed by atoms with van der Waals surface area (Å²) in [5.74, 6) is -1.01. The lowest BCUT2D eigenvalue weighted by Gasteiger charge is -2.24. The molecule has 0 aliphatic carbocycles. The van der Waals surface area contributed by atoms with Gasteiger partial charge in [0.25, 0.3) is 0 Å². The lowest BCUT2D eigenvalue weighted by molar-refractivity contribution is -0.141. The second-order valence-electron chi connectivity index (χ2n) is 6.95. The molecule has 0 bridgehead atoms. The number of Topliss-reactive ketones (excluding diaryl/α,β-unsaturated/α-hetero) is 1. The third kappa shape index (κ3) is 4.78. The van der Waals surface area contributed by atoms with E-state index in [2.05, 4.69) is 20.4 Å². The number of halogens is 4. The Hall–Kier alpha value is -3.18. The van der Waals surface area contributed by atoms with Crippen LogP contribution in [-0.4, -0.2) is 45.2 Å². The first-order valence-electron chi connectivity index (χ1n) is 9.39. The van der Waals surface area contributed by atoms with Gasteiger partial charge in [-0.3, -0.25) is 9.78 Å². The first-order valence-corrected chi connectivity index (χ1v) is 9.39. The molecule has 2 aromatic heterocycles. The fraction of sp³-hybridized carbons (Fsp3) is 0.300. The van der Waals surface area contributed by atoms with Gasteiger partial charge in [0.05, 0.1) is 36.9 Å². The van der Waals surface area contributed by atoms with Gasteiger partial charge >= 0.3 is 6.18 Å². The van der Waals surface area contributed by atoms with Gasteiger partial charge in [0.1, 0.15) is 5.82 Å². The Balaban J connectivity index is 1.48. The summed E-state index contributed by atoms with van der Waals surface area (Å²) in [4.78, 5) is 19.5. The number of nitrogens with one attached hydrogen (secondary N) is 1. The zero-order valence-corrected chi connectivity index (χ0v) is 16.1. The molecule has 3 aromatic rings. The number of morpholine rings is 1. The van der Waals surface area contributed by atoms with Crippen LogP contribution in [-0.2, 0) is 17.3 Å². The minimum absolute atomic E-state index is 0.0963. The lowest BCUT2D eigenvalue weighted by atomic mass is 10.0. The number of nitrogens with zero attached hydrogens (tertiary/aromatic N) is 4. The summed E-state index contributed by atoms with van der Waals surface area (Å²) >= 11 is 0. The molecule has 0 spiro atoms. The fourth-order valence-corrected chi connectivity index (χ4v) is 3.19. The lowest BCUT2D eigenvalue weighted by Crippen LogP contribution is -2.33. The predicted octanol–water partition coefficient (Wildman–Crippen LogP) is 2.91. The number of hydrogen-bond acceptors (Lipinski definition) is 6. The van der Waals surface area contributed by atoms with E-state index in [0.29, 0.717) is 37.0 Å². The Kier molecular flexibility index (Phi) is 5.79. The average Bonchev–Trinajstić information content (AvgIpc) is 3.25. The molecule has 7 nitrogen and oxygen atoms in total. The molecule has 1 aliphatic heterocycles. The summed E-state index contributed by atoms with van der Waals surface area (Å²) < 4.78 is 59.5. The van der Waals surface area contributed by atoms with Gasteiger partial charge in [0.15, 0.2) is 17.3 Å². The number of hydrogen-bond donors (Lipinski definition) is 1. The topological polar surface area (TPSA) is 81.9 Å². The van der Waals surface area contributed by atoms with Gasteiger partial charge in [-0.1, -0.05) is 12.1 Å². The van der Waals surface area contributed by atoms with E-state index in [4.69, 9.17) is 4.74 Å². The van der Waals surface area contributed by atoms with Crippen molar-refractivity contribution in [3.05, 3.63) is 71.2 Å². The van der Waals surface area contributed by atoms with Gasteiger partial charge in [-0.15, -0.1) is 0 Å². The Morgan fingerprint density at radius 3 is 2.81 bits per heavy atom. The maximum atomic E-state index is 14.5. The van der Waals surface area contributed by atoms with Crippen molar-refractivity contribution in [3.8, 4) is 5.82 Å². The van der Waals surface area contributed by atoms with Crippen LogP contribution in [0.25, 0.3) is 5.82 Å². The Morgan fingerprint density at radius 1 is 1.26 bits per heavy atom. The molecule has 0 radical (unpaired) electrons. The molecular weight excluding hydrogens is 418 g/mol. The van der Waals surface area contributed by atoms with Crippen LogP contribution in [0.1, 0.15) is 33.3 Å². The normalized spacial score (nSPS) is 17.0. The summed E-state index contributed by atoms with van der Waals surface area (Å²) in [5.41, 5.74) is -0.134. The maximum Gasteiger partial charge on any atom is 0.434 e. The van der Waals surface area contributed by atoms with Crippen molar-refractivity contribution in [2.45, 2.75) is 18.7 Å². The highest BCUT2D eigenvalue weighted by atomic mass is 19.4. The van der Waals surface area contributed by atoms with Crippen LogP contribution in [0.2, 0.25) is 0 Å². The SMILES string of the molecule is O=C(Cc1ccc([C@H]2CNCCO2)c(F)c1)c1cnn(-c2cncc(C(F)(F)F)n2)c1. The van der Waals surface area contributed by atoms with E-state index in [1.54, 1.807) is 12.1 Å². The smallest absolute Gasteiger partial charge is 0.371 e. The minimum Gasteiger partial charge on any atom is -0.371 e. The Bertz CT molecular complexity index is 1090. The molecule has 162 valence electrons. The monoisotopic (exact) mass is 435 g/mol. The van der Waals surface area contributed by atoms with Crippen LogP contribution in [0.15, 0.2) is 43.0 Å². The van der Waals surface area contributed by atoms with E-state index in [9.17, 15) is 22.4 Å². The minimum atomic E-state index is -4.65. The van der Waals surface area contributed by atoms with Crippen molar-refractivity contribution in [2.24, 2.45) is 0 Å². The molecule has 1 atom stereocenters. The molecule has 0 unspecified atom stereocenters. The van der Waals surface area contributed by atoms with Crippen molar-refractivity contribution in [2.75, 3.05) is 19.7 Å². The molecule has 1 aliphatic rings. The molecule has 1 saturated heterocycles. The van der Waals surface area contributed by atoms with Gasteiger partial charge in [0.2, 0.25) is 0 Å². The first kappa shape index (κ1) is 21.1. The molecule has 1 fully saturated rings. The Morgan fingerprint density at radius 2 is 2.10 bits per heavy atom. The van der Waals surface area contributed by atoms with Crippen molar-refractivity contribution in [1.82, 2.24) is 25.1 Å². The van der Waals surface area contributed by atoms with E-state index in [1.165, 1.54) is 18.5 Å². The summed E-state index contributed by atoms with van der Waals surface area (Å²) in [5, 5.41) is 7.02. The van der Waals surface area contributed by atoms with E-state index in [0.717, 1.165) is 10.9 Å². The molecular formula is C20H17F4N5O2. The number of rotatable bonds is 5. The van der Waals surface area contributed by atoms with Gasteiger partial charge in [0, 0.05) is 31.3 Å². The standard InChI is InChI=1S/C20H17F4N5O2/c21-15-5-12(1-2-14(15)17-8-25-3-4-31-17)6-16(30)13-7-27-29(11-13)19-10-26-9-18(28-19)20(22,23)24/h1-2,5,7,9-11,17,25H,3-4,6,8H2/t17-/m1/s1. The van der Waals surface area contributed by atoms with E-state index in [-0.39, 0.29) is 29.7 Å². The highest BCUT2D eigenvalue weighted by Gasteiger charge is 2.33. The van der Waals surface area contributed by atoms with Crippen molar-refractivity contribution in [3.63, 3.8) is 0 Å². The van der Waals surface area contributed by atoms with Crippen molar-refractivity contribution < 1.29 is 27.1 Å². The summed E-state index contributed by atoms with van der Waals surface area (Å²) in [6.45, 7) is 1.71. The molecule has 1 N–H and O–H groups in total.